The second-order valence-electron chi connectivity index (χ2n) is 6.30. The van der Waals surface area contributed by atoms with Gasteiger partial charge in [-0.3, -0.25) is 9.67 Å². The van der Waals surface area contributed by atoms with Crippen molar-refractivity contribution in [3.8, 4) is 28.3 Å². The molecule has 6 heteroatoms. The second kappa shape index (κ2) is 7.37. The van der Waals surface area contributed by atoms with Crippen LogP contribution in [-0.4, -0.2) is 25.0 Å². The van der Waals surface area contributed by atoms with Gasteiger partial charge in [0.05, 0.1) is 17.0 Å². The minimum atomic E-state index is 0.439. The summed E-state index contributed by atoms with van der Waals surface area (Å²) in [5.74, 6) is 0.608. The lowest BCUT2D eigenvalue weighted by Crippen LogP contribution is -1.98. The molecule has 0 amide bonds. The number of pyridine rings is 1. The van der Waals surface area contributed by atoms with Gasteiger partial charge in [0.25, 0.3) is 0 Å². The number of aryl methyl sites for hydroxylation is 2. The Morgan fingerprint density at radius 1 is 0.889 bits per heavy atom. The summed E-state index contributed by atoms with van der Waals surface area (Å²) in [6.45, 7) is 2.37. The van der Waals surface area contributed by atoms with E-state index in [1.807, 2.05) is 68.7 Å². The molecule has 0 aliphatic carbocycles. The Kier molecular flexibility index (Phi) is 4.61. The third-order valence-corrected chi connectivity index (χ3v) is 4.21. The highest BCUT2D eigenvalue weighted by Crippen LogP contribution is 2.28. The van der Waals surface area contributed by atoms with Crippen LogP contribution >= 0.6 is 0 Å². The Morgan fingerprint density at radius 3 is 2.37 bits per heavy atom. The van der Waals surface area contributed by atoms with Gasteiger partial charge in [0.2, 0.25) is 5.88 Å². The Morgan fingerprint density at radius 2 is 1.67 bits per heavy atom. The first kappa shape index (κ1) is 16.9. The molecule has 0 bridgehead atoms. The van der Waals surface area contributed by atoms with E-state index in [-0.39, 0.29) is 0 Å². The van der Waals surface area contributed by atoms with Crippen molar-refractivity contribution in [1.82, 2.24) is 25.0 Å². The van der Waals surface area contributed by atoms with Gasteiger partial charge in [0.15, 0.2) is 0 Å². The van der Waals surface area contributed by atoms with Crippen LogP contribution in [0.3, 0.4) is 0 Å². The van der Waals surface area contributed by atoms with Crippen molar-refractivity contribution in [1.29, 1.82) is 0 Å². The lowest BCUT2D eigenvalue weighted by molar-refractivity contribution is 0.292. The molecule has 4 aromatic rings. The summed E-state index contributed by atoms with van der Waals surface area (Å²) in [7, 11) is 1.88. The number of nitrogens with zero attached hydrogens (tertiary/aromatic N) is 5. The highest BCUT2D eigenvalue weighted by molar-refractivity contribution is 5.67. The SMILES string of the molecule is Cc1ccc(-c2ccc(COc3nn(C)cc3-c3ccncc3)cc2)nn1. The minimum absolute atomic E-state index is 0.439. The van der Waals surface area contributed by atoms with E-state index in [1.54, 1.807) is 17.1 Å². The third kappa shape index (κ3) is 3.84. The van der Waals surface area contributed by atoms with Crippen molar-refractivity contribution in [2.75, 3.05) is 0 Å². The first-order valence-corrected chi connectivity index (χ1v) is 8.65. The van der Waals surface area contributed by atoms with Crippen LogP contribution in [0, 0.1) is 6.92 Å². The van der Waals surface area contributed by atoms with Gasteiger partial charge in [0, 0.05) is 31.2 Å². The van der Waals surface area contributed by atoms with Crippen LogP contribution in [0.2, 0.25) is 0 Å². The van der Waals surface area contributed by atoms with Crippen molar-refractivity contribution in [3.63, 3.8) is 0 Å². The van der Waals surface area contributed by atoms with Crippen LogP contribution in [0.5, 0.6) is 5.88 Å². The molecule has 6 nitrogen and oxygen atoms in total. The predicted octanol–water partition coefficient (Wildman–Crippen LogP) is 3.83. The summed E-state index contributed by atoms with van der Waals surface area (Å²) in [5, 5.41) is 12.8. The molecule has 0 spiro atoms. The number of hydrogen-bond acceptors (Lipinski definition) is 5. The summed E-state index contributed by atoms with van der Waals surface area (Å²) in [5.41, 5.74) is 5.83. The Bertz CT molecular complexity index is 1020. The van der Waals surface area contributed by atoms with Crippen molar-refractivity contribution in [2.24, 2.45) is 7.05 Å². The number of aromatic nitrogens is 5. The fourth-order valence-corrected chi connectivity index (χ4v) is 2.78. The first-order chi connectivity index (χ1) is 13.2. The standard InChI is InChI=1S/C21H19N5O/c1-15-3-8-20(24-23-15)18-6-4-16(5-7-18)14-27-21-19(13-26(2)25-21)17-9-11-22-12-10-17/h3-13H,14H2,1-2H3. The van der Waals surface area contributed by atoms with Crippen LogP contribution in [0.25, 0.3) is 22.4 Å². The fraction of sp³-hybridized carbons (Fsp3) is 0.143. The van der Waals surface area contributed by atoms with Gasteiger partial charge in [-0.05, 0) is 42.3 Å². The summed E-state index contributed by atoms with van der Waals surface area (Å²) in [4.78, 5) is 4.06. The zero-order chi connectivity index (χ0) is 18.6. The van der Waals surface area contributed by atoms with Crippen LogP contribution in [0.1, 0.15) is 11.3 Å². The summed E-state index contributed by atoms with van der Waals surface area (Å²) in [6, 6.07) is 15.9. The predicted molar refractivity (Wildman–Crippen MR) is 103 cm³/mol. The van der Waals surface area contributed by atoms with Gasteiger partial charge < -0.3 is 4.74 Å². The molecule has 0 saturated heterocycles. The van der Waals surface area contributed by atoms with E-state index in [0.29, 0.717) is 12.5 Å². The topological polar surface area (TPSA) is 65.7 Å². The third-order valence-electron chi connectivity index (χ3n) is 4.21. The molecule has 0 unspecified atom stereocenters. The van der Waals surface area contributed by atoms with Gasteiger partial charge >= 0.3 is 0 Å². The van der Waals surface area contributed by atoms with Gasteiger partial charge in [-0.1, -0.05) is 24.3 Å². The van der Waals surface area contributed by atoms with E-state index >= 15 is 0 Å². The number of hydrogen-bond donors (Lipinski definition) is 0. The smallest absolute Gasteiger partial charge is 0.241 e. The van der Waals surface area contributed by atoms with Crippen molar-refractivity contribution >= 4 is 0 Å². The van der Waals surface area contributed by atoms with Crippen molar-refractivity contribution < 1.29 is 4.74 Å². The molecular formula is C21H19N5O. The molecule has 1 aromatic carbocycles. The Balaban J connectivity index is 1.49. The van der Waals surface area contributed by atoms with E-state index in [4.69, 9.17) is 4.74 Å². The lowest BCUT2D eigenvalue weighted by atomic mass is 10.1. The molecule has 0 N–H and O–H groups in total. The van der Waals surface area contributed by atoms with E-state index in [9.17, 15) is 0 Å². The highest BCUT2D eigenvalue weighted by Gasteiger charge is 2.11. The zero-order valence-corrected chi connectivity index (χ0v) is 15.2. The molecule has 4 rings (SSSR count). The van der Waals surface area contributed by atoms with Gasteiger partial charge in [0.1, 0.15) is 6.61 Å². The van der Waals surface area contributed by atoms with E-state index in [1.165, 1.54) is 0 Å². The van der Waals surface area contributed by atoms with Gasteiger partial charge in [-0.2, -0.15) is 10.2 Å². The first-order valence-electron chi connectivity index (χ1n) is 8.65. The summed E-state index contributed by atoms with van der Waals surface area (Å²) >= 11 is 0. The van der Waals surface area contributed by atoms with Crippen LogP contribution in [0.15, 0.2) is 67.1 Å². The summed E-state index contributed by atoms with van der Waals surface area (Å²) < 4.78 is 7.73. The maximum atomic E-state index is 5.98. The van der Waals surface area contributed by atoms with E-state index in [0.717, 1.165) is 33.6 Å². The number of ether oxygens (including phenoxy) is 1. The molecule has 3 heterocycles. The maximum Gasteiger partial charge on any atom is 0.241 e. The Hall–Kier alpha value is -3.54. The van der Waals surface area contributed by atoms with Crippen LogP contribution in [-0.2, 0) is 13.7 Å². The lowest BCUT2D eigenvalue weighted by Gasteiger charge is -2.07. The summed E-state index contributed by atoms with van der Waals surface area (Å²) in [6.07, 6.45) is 5.47. The van der Waals surface area contributed by atoms with E-state index in [2.05, 4.69) is 20.3 Å². The largest absolute Gasteiger partial charge is 0.471 e. The maximum absolute atomic E-state index is 5.98. The minimum Gasteiger partial charge on any atom is -0.471 e. The van der Waals surface area contributed by atoms with E-state index < -0.39 is 0 Å². The highest BCUT2D eigenvalue weighted by atomic mass is 16.5. The normalized spacial score (nSPS) is 10.7. The monoisotopic (exact) mass is 357 g/mol. The van der Waals surface area contributed by atoms with Gasteiger partial charge in [-0.25, -0.2) is 0 Å². The number of benzene rings is 1. The quantitative estimate of drug-likeness (QED) is 0.543. The average Bonchev–Trinajstić information content (AvgIpc) is 3.09. The van der Waals surface area contributed by atoms with Crippen molar-refractivity contribution in [2.45, 2.75) is 13.5 Å². The van der Waals surface area contributed by atoms with Crippen LogP contribution < -0.4 is 4.74 Å². The molecule has 0 aliphatic heterocycles. The molecule has 134 valence electrons. The molecule has 0 aliphatic rings. The average molecular weight is 357 g/mol. The van der Waals surface area contributed by atoms with Crippen LogP contribution in [0.4, 0.5) is 0 Å². The molecular weight excluding hydrogens is 338 g/mol. The molecule has 27 heavy (non-hydrogen) atoms. The molecule has 0 fully saturated rings. The second-order valence-corrected chi connectivity index (χ2v) is 6.30. The zero-order valence-electron chi connectivity index (χ0n) is 15.2. The Labute approximate surface area is 157 Å². The number of rotatable bonds is 5. The molecule has 0 saturated carbocycles. The van der Waals surface area contributed by atoms with Gasteiger partial charge in [-0.15, -0.1) is 5.10 Å². The molecule has 3 aromatic heterocycles. The fourth-order valence-electron chi connectivity index (χ4n) is 2.78. The molecule has 0 radical (unpaired) electrons. The molecule has 0 atom stereocenters. The van der Waals surface area contributed by atoms with Crippen molar-refractivity contribution in [3.05, 3.63) is 78.4 Å².